The van der Waals surface area contributed by atoms with Gasteiger partial charge in [0.2, 0.25) is 0 Å². The van der Waals surface area contributed by atoms with Crippen LogP contribution < -0.4 is 5.73 Å². The molecule has 0 saturated carbocycles. The van der Waals surface area contributed by atoms with E-state index < -0.39 is 0 Å². The van der Waals surface area contributed by atoms with Crippen molar-refractivity contribution in [3.8, 4) is 0 Å². The van der Waals surface area contributed by atoms with Gasteiger partial charge in [-0.05, 0) is 19.4 Å². The molecule has 0 aliphatic rings. The molecular weight excluding hydrogens is 222 g/mol. The fraction of sp³-hybridized carbons (Fsp3) is 0.462. The molecule has 0 saturated heterocycles. The smallest absolute Gasteiger partial charge is 0.162 e. The summed E-state index contributed by atoms with van der Waals surface area (Å²) in [5, 5.41) is 0. The molecule has 0 aliphatic heterocycles. The van der Waals surface area contributed by atoms with Crippen LogP contribution in [0.4, 0.5) is 0 Å². The van der Waals surface area contributed by atoms with Crippen LogP contribution in [0.2, 0.25) is 0 Å². The van der Waals surface area contributed by atoms with Crippen LogP contribution in [-0.4, -0.2) is 12.3 Å². The van der Waals surface area contributed by atoms with Gasteiger partial charge in [0.25, 0.3) is 0 Å². The third kappa shape index (κ3) is 5.89. The van der Waals surface area contributed by atoms with Gasteiger partial charge >= 0.3 is 0 Å². The van der Waals surface area contributed by atoms with Crippen LogP contribution in [0.3, 0.4) is 0 Å². The number of unbranched alkanes of at least 4 members (excludes halogenated alkanes) is 3. The van der Waals surface area contributed by atoms with E-state index in [9.17, 15) is 4.79 Å². The number of rotatable bonds is 7. The number of benzene rings is 1. The minimum Gasteiger partial charge on any atom is -0.330 e. The van der Waals surface area contributed by atoms with Crippen LogP contribution >= 0.6 is 12.4 Å². The highest BCUT2D eigenvalue weighted by Crippen LogP contribution is 2.08. The maximum atomic E-state index is 11.7. The largest absolute Gasteiger partial charge is 0.330 e. The lowest BCUT2D eigenvalue weighted by atomic mass is 10.0. The van der Waals surface area contributed by atoms with Crippen LogP contribution in [0.15, 0.2) is 30.3 Å². The second kappa shape index (κ2) is 9.37. The zero-order valence-corrected chi connectivity index (χ0v) is 10.3. The van der Waals surface area contributed by atoms with Crippen molar-refractivity contribution in [1.29, 1.82) is 0 Å². The maximum absolute atomic E-state index is 11.7. The topological polar surface area (TPSA) is 43.1 Å². The Morgan fingerprint density at radius 1 is 1.00 bits per heavy atom. The molecule has 1 rings (SSSR count). The van der Waals surface area contributed by atoms with Crippen molar-refractivity contribution >= 4 is 18.2 Å². The molecule has 1 aromatic carbocycles. The minimum atomic E-state index is 0. The third-order valence-corrected chi connectivity index (χ3v) is 2.45. The molecule has 0 atom stereocenters. The molecule has 0 heterocycles. The molecule has 0 aromatic heterocycles. The van der Waals surface area contributed by atoms with Crippen molar-refractivity contribution in [2.24, 2.45) is 5.73 Å². The van der Waals surface area contributed by atoms with E-state index in [0.717, 1.165) is 37.8 Å². The van der Waals surface area contributed by atoms with Gasteiger partial charge in [-0.2, -0.15) is 0 Å². The second-order valence-corrected chi connectivity index (χ2v) is 3.74. The van der Waals surface area contributed by atoms with Crippen LogP contribution in [0.5, 0.6) is 0 Å². The Balaban J connectivity index is 0.00000225. The van der Waals surface area contributed by atoms with Gasteiger partial charge in [0, 0.05) is 12.0 Å². The number of ketones is 1. The highest BCUT2D eigenvalue weighted by atomic mass is 35.5. The fourth-order valence-electron chi connectivity index (χ4n) is 1.55. The number of hydrogen-bond acceptors (Lipinski definition) is 2. The molecule has 0 fully saturated rings. The van der Waals surface area contributed by atoms with E-state index in [-0.39, 0.29) is 18.2 Å². The molecule has 2 nitrogen and oxygen atoms in total. The Morgan fingerprint density at radius 3 is 2.25 bits per heavy atom. The quantitative estimate of drug-likeness (QED) is 0.589. The molecule has 16 heavy (non-hydrogen) atoms. The van der Waals surface area contributed by atoms with E-state index in [1.54, 1.807) is 0 Å². The zero-order valence-electron chi connectivity index (χ0n) is 9.52. The average Bonchev–Trinajstić information content (AvgIpc) is 2.30. The highest BCUT2D eigenvalue weighted by Gasteiger charge is 2.03. The Morgan fingerprint density at radius 2 is 1.62 bits per heavy atom. The van der Waals surface area contributed by atoms with E-state index in [4.69, 9.17) is 5.73 Å². The maximum Gasteiger partial charge on any atom is 0.162 e. The van der Waals surface area contributed by atoms with Crippen molar-refractivity contribution in [3.63, 3.8) is 0 Å². The zero-order chi connectivity index (χ0) is 10.9. The number of halogens is 1. The molecule has 90 valence electrons. The summed E-state index contributed by atoms with van der Waals surface area (Å²) in [7, 11) is 0. The summed E-state index contributed by atoms with van der Waals surface area (Å²) in [4.78, 5) is 11.7. The van der Waals surface area contributed by atoms with E-state index >= 15 is 0 Å². The van der Waals surface area contributed by atoms with Gasteiger partial charge in [-0.15, -0.1) is 12.4 Å². The first-order chi connectivity index (χ1) is 7.34. The molecular formula is C13H20ClNO. The first kappa shape index (κ1) is 15.1. The molecule has 1 aromatic rings. The number of nitrogens with two attached hydrogens (primary N) is 1. The van der Waals surface area contributed by atoms with E-state index in [1.165, 1.54) is 0 Å². The summed E-state index contributed by atoms with van der Waals surface area (Å²) in [5.41, 5.74) is 6.22. The predicted octanol–water partition coefficient (Wildman–Crippen LogP) is 3.20. The van der Waals surface area contributed by atoms with Crippen molar-refractivity contribution in [3.05, 3.63) is 35.9 Å². The Labute approximate surface area is 104 Å². The van der Waals surface area contributed by atoms with Crippen LogP contribution in [-0.2, 0) is 0 Å². The van der Waals surface area contributed by atoms with Crippen molar-refractivity contribution in [2.45, 2.75) is 32.1 Å². The number of hydrogen-bond donors (Lipinski definition) is 1. The summed E-state index contributed by atoms with van der Waals surface area (Å²) in [6.07, 6.45) is 4.95. The van der Waals surface area contributed by atoms with E-state index in [0.29, 0.717) is 6.42 Å². The normalized spacial score (nSPS) is 9.56. The van der Waals surface area contributed by atoms with Gasteiger partial charge in [0.05, 0.1) is 0 Å². The number of carbonyl (C=O) groups is 1. The summed E-state index contributed by atoms with van der Waals surface area (Å²) < 4.78 is 0. The fourth-order valence-corrected chi connectivity index (χ4v) is 1.55. The van der Waals surface area contributed by atoms with Crippen molar-refractivity contribution in [2.75, 3.05) is 6.54 Å². The standard InChI is InChI=1S/C13H19NO.ClH/c14-11-7-2-1-6-10-13(15)12-8-4-3-5-9-12;/h3-5,8-9H,1-2,6-7,10-11,14H2;1H. The molecule has 0 aliphatic carbocycles. The first-order valence-corrected chi connectivity index (χ1v) is 5.63. The monoisotopic (exact) mass is 241 g/mol. The SMILES string of the molecule is Cl.NCCCCCCC(=O)c1ccccc1. The first-order valence-electron chi connectivity index (χ1n) is 5.63. The highest BCUT2D eigenvalue weighted by molar-refractivity contribution is 5.95. The molecule has 0 radical (unpaired) electrons. The Kier molecular flexibility index (Phi) is 8.87. The minimum absolute atomic E-state index is 0. The molecule has 3 heteroatoms. The van der Waals surface area contributed by atoms with Gasteiger partial charge in [-0.25, -0.2) is 0 Å². The summed E-state index contributed by atoms with van der Waals surface area (Å²) in [6.45, 7) is 0.757. The lowest BCUT2D eigenvalue weighted by molar-refractivity contribution is 0.0979. The Hall–Kier alpha value is -0.860. The number of Topliss-reactive ketones (excluding diaryl/α,β-unsaturated/α-hetero) is 1. The number of carbonyl (C=O) groups excluding carboxylic acids is 1. The van der Waals surface area contributed by atoms with Gasteiger partial charge < -0.3 is 5.73 Å². The van der Waals surface area contributed by atoms with Crippen LogP contribution in [0.1, 0.15) is 42.5 Å². The average molecular weight is 242 g/mol. The van der Waals surface area contributed by atoms with E-state index in [1.807, 2.05) is 30.3 Å². The van der Waals surface area contributed by atoms with Gasteiger partial charge in [0.15, 0.2) is 5.78 Å². The molecule has 0 unspecified atom stereocenters. The van der Waals surface area contributed by atoms with Crippen LogP contribution in [0.25, 0.3) is 0 Å². The molecule has 0 spiro atoms. The molecule has 0 amide bonds. The lowest BCUT2D eigenvalue weighted by Crippen LogP contribution is -2.00. The second-order valence-electron chi connectivity index (χ2n) is 3.74. The van der Waals surface area contributed by atoms with Gasteiger partial charge in [-0.3, -0.25) is 4.79 Å². The summed E-state index contributed by atoms with van der Waals surface area (Å²) in [5.74, 6) is 0.253. The summed E-state index contributed by atoms with van der Waals surface area (Å²) in [6, 6.07) is 9.49. The summed E-state index contributed by atoms with van der Waals surface area (Å²) >= 11 is 0. The third-order valence-electron chi connectivity index (χ3n) is 2.45. The van der Waals surface area contributed by atoms with Gasteiger partial charge in [0.1, 0.15) is 0 Å². The van der Waals surface area contributed by atoms with Crippen molar-refractivity contribution < 1.29 is 4.79 Å². The predicted molar refractivity (Wildman–Crippen MR) is 70.2 cm³/mol. The van der Waals surface area contributed by atoms with Crippen molar-refractivity contribution in [1.82, 2.24) is 0 Å². The molecule has 0 bridgehead atoms. The van der Waals surface area contributed by atoms with E-state index in [2.05, 4.69) is 0 Å². The molecule has 2 N–H and O–H groups in total. The van der Waals surface area contributed by atoms with Crippen LogP contribution in [0, 0.1) is 0 Å². The van der Waals surface area contributed by atoms with Gasteiger partial charge in [-0.1, -0.05) is 43.2 Å². The Bertz CT molecular complexity index is 287. The lowest BCUT2D eigenvalue weighted by Gasteiger charge is -2.00.